The number of thioether (sulfide) groups is 1. The molecule has 1 fully saturated rings. The Morgan fingerprint density at radius 1 is 1.47 bits per heavy atom. The maximum Gasteiger partial charge on any atom is 0.167 e. The summed E-state index contributed by atoms with van der Waals surface area (Å²) in [5.41, 5.74) is 0. The highest BCUT2D eigenvalue weighted by molar-refractivity contribution is 7.99. The highest BCUT2D eigenvalue weighted by atomic mass is 32.2. The van der Waals surface area contributed by atoms with Crippen LogP contribution < -0.4 is 5.32 Å². The van der Waals surface area contributed by atoms with Crippen LogP contribution in [0, 0.1) is 0 Å². The van der Waals surface area contributed by atoms with Gasteiger partial charge in [0.2, 0.25) is 0 Å². The molecule has 0 bridgehead atoms. The molecule has 1 heterocycles. The molecular weight excluding hydrogens is 230 g/mol. The van der Waals surface area contributed by atoms with E-state index in [4.69, 9.17) is 0 Å². The zero-order chi connectivity index (χ0) is 12.1. The van der Waals surface area contributed by atoms with Gasteiger partial charge in [0.25, 0.3) is 0 Å². The minimum absolute atomic E-state index is 0.672. The topological polar surface area (TPSA) is 29.9 Å². The number of aromatic nitrogens is 2. The second-order valence-electron chi connectivity index (χ2n) is 4.82. The van der Waals surface area contributed by atoms with Crippen LogP contribution >= 0.6 is 11.8 Å². The fourth-order valence-corrected chi connectivity index (χ4v) is 3.70. The van der Waals surface area contributed by atoms with Gasteiger partial charge >= 0.3 is 0 Å². The van der Waals surface area contributed by atoms with Gasteiger partial charge in [-0.3, -0.25) is 0 Å². The number of nitrogens with zero attached hydrogens (tertiary/aromatic N) is 2. The van der Waals surface area contributed by atoms with Gasteiger partial charge in [0.15, 0.2) is 5.16 Å². The summed E-state index contributed by atoms with van der Waals surface area (Å²) in [5.74, 6) is 0. The average Bonchev–Trinajstić information content (AvgIpc) is 2.74. The van der Waals surface area contributed by atoms with Crippen molar-refractivity contribution in [2.45, 2.75) is 55.5 Å². The molecule has 1 aliphatic carbocycles. The van der Waals surface area contributed by atoms with Crippen LogP contribution in [0.1, 0.15) is 39.0 Å². The van der Waals surface area contributed by atoms with Crippen LogP contribution in [0.3, 0.4) is 0 Å². The van der Waals surface area contributed by atoms with Crippen molar-refractivity contribution in [1.29, 1.82) is 0 Å². The molecule has 0 saturated heterocycles. The van der Waals surface area contributed by atoms with Gasteiger partial charge in [-0.2, -0.15) is 0 Å². The first-order valence-electron chi connectivity index (χ1n) is 6.68. The third kappa shape index (κ3) is 3.49. The molecule has 0 spiro atoms. The quantitative estimate of drug-likeness (QED) is 0.875. The Hall–Kier alpha value is -0.480. The summed E-state index contributed by atoms with van der Waals surface area (Å²) < 4.78 is 2.12. The molecule has 2 unspecified atom stereocenters. The van der Waals surface area contributed by atoms with Gasteiger partial charge in [-0.05, 0) is 25.8 Å². The summed E-state index contributed by atoms with van der Waals surface area (Å²) in [6.45, 7) is 3.37. The molecule has 0 aromatic carbocycles. The number of hydrogen-bond donors (Lipinski definition) is 1. The SMILES string of the molecule is CCCNC1CCCCC1Sc1nccn1C. The molecule has 0 amide bonds. The lowest BCUT2D eigenvalue weighted by Gasteiger charge is -2.31. The Labute approximate surface area is 108 Å². The van der Waals surface area contributed by atoms with Gasteiger partial charge in [0, 0.05) is 30.7 Å². The minimum Gasteiger partial charge on any atom is -0.329 e. The van der Waals surface area contributed by atoms with E-state index >= 15 is 0 Å². The number of nitrogens with one attached hydrogen (secondary N) is 1. The number of imidazole rings is 1. The summed E-state index contributed by atoms with van der Waals surface area (Å²) in [7, 11) is 2.08. The van der Waals surface area contributed by atoms with Gasteiger partial charge in [-0.1, -0.05) is 31.5 Å². The summed E-state index contributed by atoms with van der Waals surface area (Å²) in [6, 6.07) is 0.672. The molecule has 4 heteroatoms. The van der Waals surface area contributed by atoms with Crippen LogP contribution in [-0.4, -0.2) is 27.4 Å². The molecule has 1 aliphatic rings. The maximum absolute atomic E-state index is 4.42. The third-order valence-electron chi connectivity index (χ3n) is 3.39. The van der Waals surface area contributed by atoms with Gasteiger partial charge in [-0.25, -0.2) is 4.98 Å². The Morgan fingerprint density at radius 3 is 3.00 bits per heavy atom. The smallest absolute Gasteiger partial charge is 0.167 e. The lowest BCUT2D eigenvalue weighted by atomic mass is 9.95. The van der Waals surface area contributed by atoms with E-state index in [0.717, 1.165) is 11.7 Å². The zero-order valence-electron chi connectivity index (χ0n) is 10.9. The number of hydrogen-bond acceptors (Lipinski definition) is 3. The summed E-state index contributed by atoms with van der Waals surface area (Å²) in [5, 5.41) is 5.54. The van der Waals surface area contributed by atoms with Gasteiger partial charge in [0.05, 0.1) is 0 Å². The molecule has 17 heavy (non-hydrogen) atoms. The van der Waals surface area contributed by atoms with E-state index in [1.165, 1.54) is 32.1 Å². The normalized spacial score (nSPS) is 25.1. The first-order valence-corrected chi connectivity index (χ1v) is 7.56. The molecule has 1 N–H and O–H groups in total. The van der Waals surface area contributed by atoms with Crippen molar-refractivity contribution in [2.24, 2.45) is 7.05 Å². The van der Waals surface area contributed by atoms with E-state index in [-0.39, 0.29) is 0 Å². The Kier molecular flexibility index (Phi) is 4.92. The predicted octanol–water partition coefficient (Wildman–Crippen LogP) is 2.82. The van der Waals surface area contributed by atoms with Gasteiger partial charge in [-0.15, -0.1) is 0 Å². The van der Waals surface area contributed by atoms with Crippen LogP contribution in [0.15, 0.2) is 17.6 Å². The van der Waals surface area contributed by atoms with Crippen molar-refractivity contribution in [2.75, 3.05) is 6.54 Å². The van der Waals surface area contributed by atoms with Gasteiger partial charge < -0.3 is 9.88 Å². The Bertz CT molecular complexity index is 337. The largest absolute Gasteiger partial charge is 0.329 e. The number of aryl methyl sites for hydroxylation is 1. The molecule has 1 saturated carbocycles. The molecule has 0 aliphatic heterocycles. The molecule has 2 rings (SSSR count). The van der Waals surface area contributed by atoms with Crippen LogP contribution in [0.4, 0.5) is 0 Å². The lowest BCUT2D eigenvalue weighted by molar-refractivity contribution is 0.384. The van der Waals surface area contributed by atoms with E-state index in [9.17, 15) is 0 Å². The minimum atomic E-state index is 0.672. The van der Waals surface area contributed by atoms with Crippen LogP contribution in [0.5, 0.6) is 0 Å². The molecule has 0 radical (unpaired) electrons. The van der Waals surface area contributed by atoms with Crippen molar-refractivity contribution in [3.63, 3.8) is 0 Å². The predicted molar refractivity (Wildman–Crippen MR) is 73.4 cm³/mol. The number of rotatable bonds is 5. The zero-order valence-corrected chi connectivity index (χ0v) is 11.7. The van der Waals surface area contributed by atoms with Crippen molar-refractivity contribution in [3.8, 4) is 0 Å². The second-order valence-corrected chi connectivity index (χ2v) is 6.03. The maximum atomic E-state index is 4.42. The molecule has 3 nitrogen and oxygen atoms in total. The van der Waals surface area contributed by atoms with E-state index in [1.807, 2.05) is 24.2 Å². The fraction of sp³-hybridized carbons (Fsp3) is 0.769. The van der Waals surface area contributed by atoms with Crippen LogP contribution in [0.2, 0.25) is 0 Å². The Balaban J connectivity index is 1.94. The third-order valence-corrected chi connectivity index (χ3v) is 4.86. The van der Waals surface area contributed by atoms with E-state index in [1.54, 1.807) is 0 Å². The van der Waals surface area contributed by atoms with Crippen LogP contribution in [-0.2, 0) is 7.05 Å². The molecule has 2 atom stereocenters. The average molecular weight is 253 g/mol. The van der Waals surface area contributed by atoms with Crippen molar-refractivity contribution in [3.05, 3.63) is 12.4 Å². The van der Waals surface area contributed by atoms with Crippen molar-refractivity contribution in [1.82, 2.24) is 14.9 Å². The van der Waals surface area contributed by atoms with Crippen LogP contribution in [0.25, 0.3) is 0 Å². The molecule has 96 valence electrons. The Morgan fingerprint density at radius 2 is 2.29 bits per heavy atom. The highest BCUT2D eigenvalue weighted by Gasteiger charge is 2.26. The summed E-state index contributed by atoms with van der Waals surface area (Å²) in [6.07, 6.45) is 10.5. The molecular formula is C13H23N3S. The summed E-state index contributed by atoms with van der Waals surface area (Å²) >= 11 is 1.95. The van der Waals surface area contributed by atoms with E-state index < -0.39 is 0 Å². The molecule has 1 aromatic rings. The second kappa shape index (κ2) is 6.45. The monoisotopic (exact) mass is 253 g/mol. The van der Waals surface area contributed by atoms with E-state index in [0.29, 0.717) is 11.3 Å². The van der Waals surface area contributed by atoms with Gasteiger partial charge in [0.1, 0.15) is 0 Å². The van der Waals surface area contributed by atoms with Crippen molar-refractivity contribution < 1.29 is 0 Å². The van der Waals surface area contributed by atoms with E-state index in [2.05, 4.69) is 28.8 Å². The first-order chi connectivity index (χ1) is 8.31. The summed E-state index contributed by atoms with van der Waals surface area (Å²) in [4.78, 5) is 4.42. The first kappa shape index (κ1) is 13.0. The fourth-order valence-electron chi connectivity index (χ4n) is 2.40. The molecule has 1 aromatic heterocycles. The lowest BCUT2D eigenvalue weighted by Crippen LogP contribution is -2.40. The van der Waals surface area contributed by atoms with Crippen molar-refractivity contribution >= 4 is 11.8 Å². The highest BCUT2D eigenvalue weighted by Crippen LogP contribution is 2.32. The standard InChI is InChI=1S/C13H23N3S/c1-3-8-14-11-6-4-5-7-12(11)17-13-15-9-10-16(13)2/h9-12,14H,3-8H2,1-2H3.